The van der Waals surface area contributed by atoms with Crippen LogP contribution in [-0.4, -0.2) is 18.1 Å². The molecule has 3 nitrogen and oxygen atoms in total. The highest BCUT2D eigenvalue weighted by molar-refractivity contribution is 7.54. The summed E-state index contributed by atoms with van der Waals surface area (Å²) in [6.07, 6.45) is 21.7. The van der Waals surface area contributed by atoms with E-state index in [-0.39, 0.29) is 0 Å². The van der Waals surface area contributed by atoms with Gasteiger partial charge in [0.15, 0.2) is 0 Å². The van der Waals surface area contributed by atoms with Crippen LogP contribution in [0.15, 0.2) is 0 Å². The third-order valence-corrected chi connectivity index (χ3v) is 5.25. The molecule has 0 saturated carbocycles. The zero-order chi connectivity index (χ0) is 17.2. The third-order valence-electron chi connectivity index (χ3n) is 4.44. The van der Waals surface area contributed by atoms with Gasteiger partial charge in [-0.25, -0.2) is 5.09 Å². The lowest BCUT2D eigenvalue weighted by Crippen LogP contribution is -2.10. The second-order valence-corrected chi connectivity index (χ2v) is 9.16. The molecule has 0 aliphatic heterocycles. The van der Waals surface area contributed by atoms with Gasteiger partial charge in [-0.05, 0) is 6.42 Å². The van der Waals surface area contributed by atoms with Gasteiger partial charge >= 0.3 is 0 Å². The van der Waals surface area contributed by atoms with Crippen LogP contribution in [0.3, 0.4) is 0 Å². The summed E-state index contributed by atoms with van der Waals surface area (Å²) in [6.45, 7) is 4.31. The van der Waals surface area contributed by atoms with Crippen molar-refractivity contribution >= 4 is 7.52 Å². The maximum Gasteiger partial charge on any atom is 0.264 e. The van der Waals surface area contributed by atoms with E-state index in [1.165, 1.54) is 103 Å². The minimum atomic E-state index is -3.01. The molecular formula is C19H42NO2P. The van der Waals surface area contributed by atoms with Crippen LogP contribution in [0.25, 0.3) is 0 Å². The van der Waals surface area contributed by atoms with E-state index < -0.39 is 7.52 Å². The highest BCUT2D eigenvalue weighted by Crippen LogP contribution is 2.28. The van der Waals surface area contributed by atoms with E-state index in [9.17, 15) is 4.57 Å². The molecule has 0 rings (SSSR count). The summed E-state index contributed by atoms with van der Waals surface area (Å²) >= 11 is 0. The van der Waals surface area contributed by atoms with Crippen LogP contribution in [-0.2, 0) is 4.57 Å². The molecule has 0 radical (unpaired) electrons. The molecule has 0 fully saturated rings. The van der Waals surface area contributed by atoms with Gasteiger partial charge in [0, 0.05) is 13.2 Å². The van der Waals surface area contributed by atoms with Gasteiger partial charge in [-0.15, -0.1) is 0 Å². The van der Waals surface area contributed by atoms with Crippen LogP contribution < -0.4 is 5.09 Å². The van der Waals surface area contributed by atoms with Crippen molar-refractivity contribution in [2.24, 2.45) is 0 Å². The van der Waals surface area contributed by atoms with Crippen LogP contribution in [0, 0.1) is 0 Å². The molecule has 0 bridgehead atoms. The van der Waals surface area contributed by atoms with Crippen molar-refractivity contribution in [3.05, 3.63) is 0 Å². The molecule has 1 unspecified atom stereocenters. The standard InChI is InChI=1S/C19H42NO2P/c1-3-4-5-6-7-8-9-10-11-12-13-14-15-16-17-18-19-20-23(2,21)22/h3-19H2,1-2H3,(H2,20,21,22). The van der Waals surface area contributed by atoms with Crippen molar-refractivity contribution in [1.82, 2.24) is 5.09 Å². The quantitative estimate of drug-likeness (QED) is 0.215. The van der Waals surface area contributed by atoms with Crippen LogP contribution >= 0.6 is 7.52 Å². The van der Waals surface area contributed by atoms with Gasteiger partial charge in [0.2, 0.25) is 0 Å². The highest BCUT2D eigenvalue weighted by atomic mass is 31.2. The van der Waals surface area contributed by atoms with E-state index in [2.05, 4.69) is 12.0 Å². The maximum atomic E-state index is 11.0. The first-order chi connectivity index (χ1) is 11.1. The minimum absolute atomic E-state index is 0.669. The average molecular weight is 348 g/mol. The Kier molecular flexibility index (Phi) is 17.1. The summed E-state index contributed by atoms with van der Waals surface area (Å²) in [4.78, 5) is 9.09. The first-order valence-electron chi connectivity index (χ1n) is 10.1. The van der Waals surface area contributed by atoms with E-state index in [0.717, 1.165) is 6.42 Å². The summed E-state index contributed by atoms with van der Waals surface area (Å²) in [5, 5.41) is 2.68. The van der Waals surface area contributed by atoms with Gasteiger partial charge in [-0.2, -0.15) is 0 Å². The molecule has 0 heterocycles. The Morgan fingerprint density at radius 3 is 1.26 bits per heavy atom. The Morgan fingerprint density at radius 1 is 0.652 bits per heavy atom. The van der Waals surface area contributed by atoms with Crippen molar-refractivity contribution < 1.29 is 9.46 Å². The fourth-order valence-corrected chi connectivity index (χ4v) is 3.53. The first kappa shape index (κ1) is 23.1. The lowest BCUT2D eigenvalue weighted by molar-refractivity contribution is 0.466. The fraction of sp³-hybridized carbons (Fsp3) is 1.00. The van der Waals surface area contributed by atoms with Gasteiger partial charge in [0.25, 0.3) is 7.52 Å². The molecule has 0 aromatic heterocycles. The molecule has 140 valence electrons. The highest BCUT2D eigenvalue weighted by Gasteiger charge is 2.05. The smallest absolute Gasteiger partial charge is 0.264 e. The van der Waals surface area contributed by atoms with Crippen LogP contribution in [0.5, 0.6) is 0 Å². The van der Waals surface area contributed by atoms with Gasteiger partial charge in [-0.1, -0.05) is 103 Å². The molecule has 0 saturated heterocycles. The van der Waals surface area contributed by atoms with Gasteiger partial charge in [-0.3, -0.25) is 4.57 Å². The molecule has 1 atom stereocenters. The molecule has 0 aromatic rings. The first-order valence-corrected chi connectivity index (χ1v) is 12.2. The normalized spacial score (nSPS) is 14.0. The number of hydrogen-bond donors (Lipinski definition) is 2. The van der Waals surface area contributed by atoms with Crippen molar-refractivity contribution in [2.75, 3.05) is 13.2 Å². The molecule has 0 spiro atoms. The van der Waals surface area contributed by atoms with Gasteiger partial charge in [0.05, 0.1) is 0 Å². The van der Waals surface area contributed by atoms with E-state index in [0.29, 0.717) is 6.54 Å². The van der Waals surface area contributed by atoms with Crippen LogP contribution in [0.4, 0.5) is 0 Å². The molecule has 0 aliphatic rings. The molecule has 2 N–H and O–H groups in total. The molecule has 0 amide bonds. The summed E-state index contributed by atoms with van der Waals surface area (Å²) in [6, 6.07) is 0. The Labute approximate surface area is 145 Å². The zero-order valence-electron chi connectivity index (χ0n) is 15.8. The lowest BCUT2D eigenvalue weighted by Gasteiger charge is -2.07. The topological polar surface area (TPSA) is 49.3 Å². The van der Waals surface area contributed by atoms with E-state index in [4.69, 9.17) is 4.89 Å². The van der Waals surface area contributed by atoms with Gasteiger partial charge < -0.3 is 4.89 Å². The lowest BCUT2D eigenvalue weighted by atomic mass is 10.0. The number of unbranched alkanes of at least 4 members (excludes halogenated alkanes) is 15. The summed E-state index contributed by atoms with van der Waals surface area (Å²) < 4.78 is 11.0. The number of nitrogens with one attached hydrogen (secondary N) is 1. The molecule has 0 aromatic carbocycles. The van der Waals surface area contributed by atoms with Crippen molar-refractivity contribution in [3.8, 4) is 0 Å². The van der Waals surface area contributed by atoms with Crippen molar-refractivity contribution in [2.45, 2.75) is 110 Å². The predicted molar refractivity (Wildman–Crippen MR) is 103 cm³/mol. The second-order valence-electron chi connectivity index (χ2n) is 7.09. The largest absolute Gasteiger partial charge is 0.333 e. The molecule has 4 heteroatoms. The predicted octanol–water partition coefficient (Wildman–Crippen LogP) is 6.65. The van der Waals surface area contributed by atoms with Crippen LogP contribution in [0.1, 0.15) is 110 Å². The van der Waals surface area contributed by atoms with Crippen molar-refractivity contribution in [3.63, 3.8) is 0 Å². The monoisotopic (exact) mass is 347 g/mol. The zero-order valence-corrected chi connectivity index (χ0v) is 16.7. The number of rotatable bonds is 18. The summed E-state index contributed by atoms with van der Waals surface area (Å²) in [7, 11) is -3.01. The Bertz CT molecular complexity index is 279. The van der Waals surface area contributed by atoms with Gasteiger partial charge in [0.1, 0.15) is 0 Å². The average Bonchev–Trinajstić information content (AvgIpc) is 2.49. The van der Waals surface area contributed by atoms with Crippen LogP contribution in [0.2, 0.25) is 0 Å². The summed E-state index contributed by atoms with van der Waals surface area (Å²) in [5.74, 6) is 0. The minimum Gasteiger partial charge on any atom is -0.333 e. The Hall–Kier alpha value is 0.150. The summed E-state index contributed by atoms with van der Waals surface area (Å²) in [5.41, 5.74) is 0. The Morgan fingerprint density at radius 2 is 0.957 bits per heavy atom. The molecule has 23 heavy (non-hydrogen) atoms. The van der Waals surface area contributed by atoms with E-state index in [1.807, 2.05) is 0 Å². The molecular weight excluding hydrogens is 305 g/mol. The SMILES string of the molecule is CCCCCCCCCCCCCCCCCCNP(C)(=O)O. The maximum absolute atomic E-state index is 11.0. The van der Waals surface area contributed by atoms with E-state index in [1.54, 1.807) is 0 Å². The fourth-order valence-electron chi connectivity index (χ4n) is 2.96. The number of hydrogen-bond acceptors (Lipinski definition) is 1. The molecule has 0 aliphatic carbocycles. The third kappa shape index (κ3) is 22.2. The Balaban J connectivity index is 3.01. The van der Waals surface area contributed by atoms with E-state index >= 15 is 0 Å². The second kappa shape index (κ2) is 17.0. The van der Waals surface area contributed by atoms with Crippen molar-refractivity contribution in [1.29, 1.82) is 0 Å².